The second-order valence-electron chi connectivity index (χ2n) is 10.3. The Labute approximate surface area is 181 Å². The lowest BCUT2D eigenvalue weighted by Crippen LogP contribution is -2.51. The largest absolute Gasteiger partial charge is 0.466 e. The summed E-state index contributed by atoms with van der Waals surface area (Å²) >= 11 is 0. The molecule has 0 heterocycles. The fourth-order valence-corrected chi connectivity index (χ4v) is 7.09. The molecule has 0 N–H and O–H groups in total. The molecule has 3 saturated carbocycles. The van der Waals surface area contributed by atoms with Crippen LogP contribution in [0.1, 0.15) is 79.1 Å². The third-order valence-corrected chi connectivity index (χ3v) is 8.87. The third kappa shape index (κ3) is 4.15. The number of hydrogen-bond acceptors (Lipinski definition) is 5. The van der Waals surface area contributed by atoms with Crippen LogP contribution in [0.15, 0.2) is 12.2 Å². The predicted molar refractivity (Wildman–Crippen MR) is 114 cm³/mol. The molecule has 0 spiro atoms. The zero-order chi connectivity index (χ0) is 22.1. The van der Waals surface area contributed by atoms with Crippen molar-refractivity contribution in [2.24, 2.45) is 34.5 Å². The first kappa shape index (κ1) is 22.8. The van der Waals surface area contributed by atoms with E-state index in [0.29, 0.717) is 37.2 Å². The van der Waals surface area contributed by atoms with Gasteiger partial charge >= 0.3 is 11.9 Å². The van der Waals surface area contributed by atoms with Gasteiger partial charge in [-0.15, -0.1) is 0 Å². The highest BCUT2D eigenvalue weighted by Gasteiger charge is 2.57. The Morgan fingerprint density at radius 3 is 2.50 bits per heavy atom. The molecule has 0 aromatic carbocycles. The molecule has 0 aromatic rings. The van der Waals surface area contributed by atoms with Crippen molar-refractivity contribution in [1.29, 1.82) is 5.26 Å². The van der Waals surface area contributed by atoms with Crippen molar-refractivity contribution in [2.45, 2.75) is 85.2 Å². The average Bonchev–Trinajstić information content (AvgIpc) is 2.97. The Hall–Kier alpha value is -1.83. The Morgan fingerprint density at radius 2 is 1.87 bits per heavy atom. The molecule has 0 aromatic heterocycles. The summed E-state index contributed by atoms with van der Waals surface area (Å²) in [5, 5.41) is 9.67. The van der Waals surface area contributed by atoms with E-state index < -0.39 is 0 Å². The molecule has 30 heavy (non-hydrogen) atoms. The van der Waals surface area contributed by atoms with Crippen molar-refractivity contribution in [2.75, 3.05) is 6.61 Å². The van der Waals surface area contributed by atoms with Gasteiger partial charge in [-0.2, -0.15) is 5.26 Å². The monoisotopic (exact) mass is 415 g/mol. The molecule has 7 atom stereocenters. The summed E-state index contributed by atoms with van der Waals surface area (Å²) in [5.41, 5.74) is 1.46. The van der Waals surface area contributed by atoms with Crippen LogP contribution in [0.4, 0.5) is 0 Å². The number of carbonyl (C=O) groups excluding carboxylic acids is 2. The molecular weight excluding hydrogens is 378 g/mol. The van der Waals surface area contributed by atoms with Gasteiger partial charge in [0, 0.05) is 26.2 Å². The molecule has 3 rings (SSSR count). The van der Waals surface area contributed by atoms with Gasteiger partial charge < -0.3 is 9.47 Å². The number of ether oxygens (including phenoxy) is 2. The Kier molecular flexibility index (Phi) is 6.65. The van der Waals surface area contributed by atoms with Crippen molar-refractivity contribution in [3.05, 3.63) is 12.2 Å². The topological polar surface area (TPSA) is 76.4 Å². The molecule has 166 valence electrons. The van der Waals surface area contributed by atoms with Gasteiger partial charge in [0.05, 0.1) is 12.7 Å². The molecule has 0 radical (unpaired) electrons. The molecule has 0 saturated heterocycles. The molecule has 3 aliphatic carbocycles. The van der Waals surface area contributed by atoms with Gasteiger partial charge in [0.25, 0.3) is 0 Å². The number of allylic oxidation sites excluding steroid dienone is 1. The maximum Gasteiger partial charge on any atom is 0.302 e. The van der Waals surface area contributed by atoms with Gasteiger partial charge in [-0.1, -0.05) is 26.0 Å². The molecule has 0 unspecified atom stereocenters. The minimum atomic E-state index is -0.274. The lowest BCUT2D eigenvalue weighted by Gasteiger charge is -2.56. The summed E-state index contributed by atoms with van der Waals surface area (Å²) < 4.78 is 11.0. The maximum atomic E-state index is 11.6. The lowest BCUT2D eigenvalue weighted by molar-refractivity contribution is -0.161. The highest BCUT2D eigenvalue weighted by molar-refractivity contribution is 5.66. The van der Waals surface area contributed by atoms with Crippen LogP contribution in [0.2, 0.25) is 0 Å². The van der Waals surface area contributed by atoms with Crippen molar-refractivity contribution in [3.63, 3.8) is 0 Å². The van der Waals surface area contributed by atoms with E-state index in [1.54, 1.807) is 0 Å². The molecule has 3 aliphatic rings. The summed E-state index contributed by atoms with van der Waals surface area (Å²) in [4.78, 5) is 23.1. The average molecular weight is 416 g/mol. The van der Waals surface area contributed by atoms with Gasteiger partial charge in [0.1, 0.15) is 6.10 Å². The zero-order valence-corrected chi connectivity index (χ0v) is 19.0. The molecular formula is C25H37NO4. The normalized spacial score (nSPS) is 40.9. The third-order valence-electron chi connectivity index (χ3n) is 8.87. The van der Waals surface area contributed by atoms with Crippen LogP contribution < -0.4 is 0 Å². The smallest absolute Gasteiger partial charge is 0.302 e. The van der Waals surface area contributed by atoms with Crippen LogP contribution in [0.3, 0.4) is 0 Å². The molecule has 0 amide bonds. The molecule has 3 fully saturated rings. The van der Waals surface area contributed by atoms with Crippen LogP contribution >= 0.6 is 0 Å². The summed E-state index contributed by atoms with van der Waals surface area (Å²) in [5.74, 6) is 0.836. The van der Waals surface area contributed by atoms with Gasteiger partial charge in [-0.25, -0.2) is 0 Å². The zero-order valence-electron chi connectivity index (χ0n) is 19.0. The van der Waals surface area contributed by atoms with Crippen LogP contribution in [0, 0.1) is 45.8 Å². The van der Waals surface area contributed by atoms with Crippen LogP contribution in [0.5, 0.6) is 0 Å². The maximum absolute atomic E-state index is 11.6. The van der Waals surface area contributed by atoms with Gasteiger partial charge in [0.15, 0.2) is 0 Å². The minimum absolute atomic E-state index is 0.0428. The standard InChI is InChI=1S/C25H37NO4/c1-16-6-7-22-21(10-13-26)23(9-12-24(16,22)4)25(5)11-8-20(30-18(3)28)14-19(25)15-29-17(2)27/h19-23H,1,6-12,14-15H2,2-5H3/t19-,20+,21+,22+,23+,24-,25+/m1/s1. The first-order valence-electron chi connectivity index (χ1n) is 11.5. The van der Waals surface area contributed by atoms with Gasteiger partial charge in [-0.3, -0.25) is 9.59 Å². The first-order valence-corrected chi connectivity index (χ1v) is 11.5. The lowest BCUT2D eigenvalue weighted by atomic mass is 9.49. The SMILES string of the molecule is C=C1CC[C@H]2[C@H](CC#N)[C@@H]([C@@]3(C)CC[C@H](OC(C)=O)C[C@@H]3COC(C)=O)CC[C@]12C. The number of esters is 2. The number of carbonyl (C=O) groups is 2. The van der Waals surface area contributed by atoms with E-state index in [1.165, 1.54) is 19.4 Å². The van der Waals surface area contributed by atoms with Gasteiger partial charge in [0.2, 0.25) is 0 Å². The predicted octanol–water partition coefficient (Wildman–Crippen LogP) is 5.20. The quantitative estimate of drug-likeness (QED) is 0.456. The van der Waals surface area contributed by atoms with Crippen LogP contribution in [-0.4, -0.2) is 24.6 Å². The highest BCUT2D eigenvalue weighted by atomic mass is 16.5. The fourth-order valence-electron chi connectivity index (χ4n) is 7.09. The van der Waals surface area contributed by atoms with E-state index in [0.717, 1.165) is 38.5 Å². The fraction of sp³-hybridized carbons (Fsp3) is 0.800. The summed E-state index contributed by atoms with van der Waals surface area (Å²) in [6, 6.07) is 2.48. The van der Waals surface area contributed by atoms with Crippen molar-refractivity contribution in [3.8, 4) is 6.07 Å². The highest BCUT2D eigenvalue weighted by Crippen LogP contribution is 2.64. The first-order chi connectivity index (χ1) is 14.1. The van der Waals surface area contributed by atoms with E-state index in [9.17, 15) is 14.9 Å². The number of hydrogen-bond donors (Lipinski definition) is 0. The summed E-state index contributed by atoms with van der Waals surface area (Å²) in [6.45, 7) is 12.3. The van der Waals surface area contributed by atoms with Crippen molar-refractivity contribution >= 4 is 11.9 Å². The Morgan fingerprint density at radius 1 is 1.13 bits per heavy atom. The number of rotatable bonds is 5. The molecule has 5 nitrogen and oxygen atoms in total. The van der Waals surface area contributed by atoms with E-state index in [2.05, 4.69) is 26.5 Å². The second-order valence-corrected chi connectivity index (χ2v) is 10.3. The van der Waals surface area contributed by atoms with Crippen molar-refractivity contribution in [1.82, 2.24) is 0 Å². The number of fused-ring (bicyclic) bond motifs is 1. The summed E-state index contributed by atoms with van der Waals surface area (Å²) in [7, 11) is 0. The number of nitriles is 1. The van der Waals surface area contributed by atoms with E-state index in [4.69, 9.17) is 9.47 Å². The minimum Gasteiger partial charge on any atom is -0.466 e. The van der Waals surface area contributed by atoms with Crippen LogP contribution in [0.25, 0.3) is 0 Å². The van der Waals surface area contributed by atoms with E-state index in [-0.39, 0.29) is 34.8 Å². The second kappa shape index (κ2) is 8.73. The van der Waals surface area contributed by atoms with Gasteiger partial charge in [-0.05, 0) is 73.5 Å². The summed E-state index contributed by atoms with van der Waals surface area (Å²) in [6.07, 6.45) is 7.30. The van der Waals surface area contributed by atoms with Crippen LogP contribution in [-0.2, 0) is 19.1 Å². The molecule has 0 bridgehead atoms. The van der Waals surface area contributed by atoms with Crippen molar-refractivity contribution < 1.29 is 19.1 Å². The molecule has 0 aliphatic heterocycles. The van der Waals surface area contributed by atoms with E-state index >= 15 is 0 Å². The number of nitrogens with zero attached hydrogens (tertiary/aromatic N) is 1. The Balaban J connectivity index is 1.89. The Bertz CT molecular complexity index is 740. The van der Waals surface area contributed by atoms with E-state index in [1.807, 2.05) is 0 Å². The molecule has 5 heteroatoms.